The zero-order valence-electron chi connectivity index (χ0n) is 16.5. The normalized spacial score (nSPS) is 15.5. The van der Waals surface area contributed by atoms with Gasteiger partial charge in [-0.05, 0) is 73.6 Å². The summed E-state index contributed by atoms with van der Waals surface area (Å²) in [7, 11) is 1.57. The minimum Gasteiger partial charge on any atom is -0.494 e. The topological polar surface area (TPSA) is 59.8 Å². The number of nitrogens with zero attached hydrogens (tertiary/aromatic N) is 4. The van der Waals surface area contributed by atoms with Gasteiger partial charge in [-0.25, -0.2) is 0 Å². The molecule has 28 heavy (non-hydrogen) atoms. The van der Waals surface area contributed by atoms with E-state index in [4.69, 9.17) is 21.2 Å². The Hall–Kier alpha value is -2.34. The maximum absolute atomic E-state index is 5.94. The number of aromatic nitrogens is 2. The number of rotatable bonds is 8. The fraction of sp³-hybridized carbons (Fsp3) is 0.476. The van der Waals surface area contributed by atoms with Crippen LogP contribution in [0.1, 0.15) is 38.2 Å². The van der Waals surface area contributed by atoms with Crippen molar-refractivity contribution in [3.05, 3.63) is 47.1 Å². The Labute approximate surface area is 171 Å². The molecule has 0 bridgehead atoms. The molecule has 7 heteroatoms. The summed E-state index contributed by atoms with van der Waals surface area (Å²) in [4.78, 5) is 7.16. The van der Waals surface area contributed by atoms with E-state index in [0.717, 1.165) is 68.2 Å². The zero-order chi connectivity index (χ0) is 19.8. The highest BCUT2D eigenvalue weighted by molar-refractivity contribution is 6.29. The molecule has 1 aliphatic heterocycles. The molecule has 0 saturated carbocycles. The average molecular weight is 403 g/mol. The fourth-order valence-electron chi connectivity index (χ4n) is 3.45. The van der Waals surface area contributed by atoms with Crippen LogP contribution in [-0.4, -0.2) is 42.7 Å². The summed E-state index contributed by atoms with van der Waals surface area (Å²) in [6, 6.07) is 11.8. The van der Waals surface area contributed by atoms with Gasteiger partial charge in [0.05, 0.1) is 12.3 Å². The lowest BCUT2D eigenvalue weighted by molar-refractivity contribution is 0.213. The molecule has 3 rings (SSSR count). The third kappa shape index (κ3) is 5.58. The molecule has 0 amide bonds. The summed E-state index contributed by atoms with van der Waals surface area (Å²) in [6.07, 6.45) is 4.17. The molecular formula is C21H27ClN4O2. The molecule has 0 atom stereocenters. The summed E-state index contributed by atoms with van der Waals surface area (Å²) in [6.45, 7) is 4.78. The number of hydrogen-bond acceptors (Lipinski definition) is 6. The Morgan fingerprint density at radius 1 is 1.14 bits per heavy atom. The number of benzene rings is 1. The second-order valence-corrected chi connectivity index (χ2v) is 7.27. The van der Waals surface area contributed by atoms with E-state index in [1.807, 2.05) is 30.3 Å². The summed E-state index contributed by atoms with van der Waals surface area (Å²) >= 11 is 5.81. The molecular weight excluding hydrogens is 376 g/mol. The van der Waals surface area contributed by atoms with Crippen LogP contribution in [0.25, 0.3) is 0 Å². The molecule has 1 fully saturated rings. The number of halogens is 1. The Bertz CT molecular complexity index is 757. The van der Waals surface area contributed by atoms with E-state index in [2.05, 4.69) is 27.2 Å². The zero-order valence-corrected chi connectivity index (χ0v) is 17.2. The highest BCUT2D eigenvalue weighted by atomic mass is 35.5. The Morgan fingerprint density at radius 3 is 2.50 bits per heavy atom. The van der Waals surface area contributed by atoms with Gasteiger partial charge in [0.25, 0.3) is 0 Å². The minimum absolute atomic E-state index is 0.431. The molecule has 1 aromatic carbocycles. The van der Waals surface area contributed by atoms with Crippen LogP contribution in [0.2, 0.25) is 5.15 Å². The van der Waals surface area contributed by atoms with Crippen molar-refractivity contribution in [2.75, 3.05) is 31.7 Å². The SMILES string of the molecule is CC/C(=N\OC)c1ccc(OCCC2CCN(c3ccc(Cl)nn3)CC2)cc1. The van der Waals surface area contributed by atoms with E-state index >= 15 is 0 Å². The van der Waals surface area contributed by atoms with Gasteiger partial charge in [0, 0.05) is 13.1 Å². The van der Waals surface area contributed by atoms with Crippen molar-refractivity contribution >= 4 is 23.1 Å². The van der Waals surface area contributed by atoms with Crippen molar-refractivity contribution in [3.63, 3.8) is 0 Å². The van der Waals surface area contributed by atoms with Gasteiger partial charge in [-0.15, -0.1) is 10.2 Å². The Kier molecular flexibility index (Phi) is 7.48. The van der Waals surface area contributed by atoms with Gasteiger partial charge in [-0.2, -0.15) is 0 Å². The van der Waals surface area contributed by atoms with Crippen molar-refractivity contribution < 1.29 is 9.57 Å². The van der Waals surface area contributed by atoms with Gasteiger partial charge in [0.2, 0.25) is 0 Å². The standard InChI is InChI=1S/C21H27ClN4O2/c1-3-19(25-27-2)17-4-6-18(7-5-17)28-15-12-16-10-13-26(14-11-16)21-9-8-20(22)23-24-21/h4-9,16H,3,10-15H2,1-2H3/b25-19+. The lowest BCUT2D eigenvalue weighted by Gasteiger charge is -2.32. The van der Waals surface area contributed by atoms with Crippen molar-refractivity contribution in [2.45, 2.75) is 32.6 Å². The van der Waals surface area contributed by atoms with Crippen LogP contribution in [-0.2, 0) is 4.84 Å². The van der Waals surface area contributed by atoms with E-state index in [9.17, 15) is 0 Å². The third-order valence-corrected chi connectivity index (χ3v) is 5.28. The van der Waals surface area contributed by atoms with Crippen LogP contribution in [0.15, 0.2) is 41.6 Å². The maximum atomic E-state index is 5.94. The molecule has 6 nitrogen and oxygen atoms in total. The molecule has 0 aliphatic carbocycles. The smallest absolute Gasteiger partial charge is 0.151 e. The van der Waals surface area contributed by atoms with Crippen molar-refractivity contribution in [2.24, 2.45) is 11.1 Å². The Balaban J connectivity index is 1.41. The lowest BCUT2D eigenvalue weighted by atomic mass is 9.94. The van der Waals surface area contributed by atoms with Crippen LogP contribution < -0.4 is 9.64 Å². The Morgan fingerprint density at radius 2 is 1.89 bits per heavy atom. The van der Waals surface area contributed by atoms with Crippen LogP contribution in [0.3, 0.4) is 0 Å². The molecule has 0 spiro atoms. The van der Waals surface area contributed by atoms with E-state index in [0.29, 0.717) is 11.1 Å². The van der Waals surface area contributed by atoms with Crippen LogP contribution in [0.5, 0.6) is 5.75 Å². The van der Waals surface area contributed by atoms with Crippen LogP contribution >= 0.6 is 11.6 Å². The maximum Gasteiger partial charge on any atom is 0.151 e. The highest BCUT2D eigenvalue weighted by Gasteiger charge is 2.20. The number of ether oxygens (including phenoxy) is 1. The molecule has 1 aliphatic rings. The first-order chi connectivity index (χ1) is 13.7. The van der Waals surface area contributed by atoms with E-state index < -0.39 is 0 Å². The van der Waals surface area contributed by atoms with Crippen LogP contribution in [0, 0.1) is 5.92 Å². The molecule has 0 radical (unpaired) electrons. The summed E-state index contributed by atoms with van der Waals surface area (Å²) < 4.78 is 5.94. The average Bonchev–Trinajstić information content (AvgIpc) is 2.74. The van der Waals surface area contributed by atoms with Gasteiger partial charge >= 0.3 is 0 Å². The predicted octanol–water partition coefficient (Wildman–Crippen LogP) is 4.58. The summed E-state index contributed by atoms with van der Waals surface area (Å²) in [5.41, 5.74) is 2.00. The first-order valence-electron chi connectivity index (χ1n) is 9.77. The molecule has 0 unspecified atom stereocenters. The second kappa shape index (κ2) is 10.3. The highest BCUT2D eigenvalue weighted by Crippen LogP contribution is 2.24. The first-order valence-corrected chi connectivity index (χ1v) is 10.1. The monoisotopic (exact) mass is 402 g/mol. The second-order valence-electron chi connectivity index (χ2n) is 6.88. The summed E-state index contributed by atoms with van der Waals surface area (Å²) in [5.74, 6) is 2.48. The van der Waals surface area contributed by atoms with Crippen molar-refractivity contribution in [1.29, 1.82) is 0 Å². The number of piperidine rings is 1. The first kappa shape index (κ1) is 20.4. The molecule has 2 aromatic rings. The van der Waals surface area contributed by atoms with Gasteiger partial charge in [-0.1, -0.05) is 23.7 Å². The van der Waals surface area contributed by atoms with Gasteiger partial charge in [-0.3, -0.25) is 0 Å². The fourth-order valence-corrected chi connectivity index (χ4v) is 3.55. The molecule has 1 saturated heterocycles. The predicted molar refractivity (Wildman–Crippen MR) is 112 cm³/mol. The summed E-state index contributed by atoms with van der Waals surface area (Å²) in [5, 5.41) is 12.6. The van der Waals surface area contributed by atoms with E-state index in [1.54, 1.807) is 13.2 Å². The van der Waals surface area contributed by atoms with Crippen molar-refractivity contribution in [1.82, 2.24) is 10.2 Å². The lowest BCUT2D eigenvalue weighted by Crippen LogP contribution is -2.34. The quantitative estimate of drug-likeness (QED) is 0.478. The van der Waals surface area contributed by atoms with E-state index in [1.165, 1.54) is 0 Å². The molecule has 1 aromatic heterocycles. The van der Waals surface area contributed by atoms with E-state index in [-0.39, 0.29) is 0 Å². The number of oxime groups is 1. The number of hydrogen-bond donors (Lipinski definition) is 0. The third-order valence-electron chi connectivity index (χ3n) is 5.08. The molecule has 0 N–H and O–H groups in total. The van der Waals surface area contributed by atoms with Gasteiger partial charge in [0.1, 0.15) is 12.9 Å². The largest absolute Gasteiger partial charge is 0.494 e. The van der Waals surface area contributed by atoms with Gasteiger partial charge < -0.3 is 14.5 Å². The minimum atomic E-state index is 0.431. The van der Waals surface area contributed by atoms with Gasteiger partial charge in [0.15, 0.2) is 11.0 Å². The van der Waals surface area contributed by atoms with Crippen molar-refractivity contribution in [3.8, 4) is 5.75 Å². The molecule has 2 heterocycles. The number of anilines is 1. The van der Waals surface area contributed by atoms with Crippen LogP contribution in [0.4, 0.5) is 5.82 Å². The molecule has 150 valence electrons.